The van der Waals surface area contributed by atoms with E-state index in [0.29, 0.717) is 5.92 Å². The highest BCUT2D eigenvalue weighted by molar-refractivity contribution is 5.14. The van der Waals surface area contributed by atoms with Crippen molar-refractivity contribution in [3.63, 3.8) is 0 Å². The molecule has 0 aromatic carbocycles. The number of nitrogens with two attached hydrogens (primary N) is 1. The number of aliphatic hydroxyl groups excluding tert-OH is 1. The zero-order chi connectivity index (χ0) is 9.84. The van der Waals surface area contributed by atoms with Gasteiger partial charge in [-0.3, -0.25) is 0 Å². The molecule has 3 nitrogen and oxygen atoms in total. The Labute approximate surface area is 79.0 Å². The minimum Gasteiger partial charge on any atom is -0.396 e. The van der Waals surface area contributed by atoms with Gasteiger partial charge in [0.15, 0.2) is 0 Å². The minimum atomic E-state index is -0.0729. The molecular formula is C10H18N2O. The van der Waals surface area contributed by atoms with Gasteiger partial charge in [-0.05, 0) is 17.5 Å². The fourth-order valence-electron chi connectivity index (χ4n) is 1.53. The van der Waals surface area contributed by atoms with Crippen LogP contribution in [0.15, 0.2) is 18.5 Å². The Hall–Kier alpha value is -0.800. The van der Waals surface area contributed by atoms with Crippen LogP contribution in [0.4, 0.5) is 0 Å². The maximum atomic E-state index is 9.18. The largest absolute Gasteiger partial charge is 0.396 e. The third-order valence-electron chi connectivity index (χ3n) is 2.54. The van der Waals surface area contributed by atoms with Crippen LogP contribution in [-0.2, 0) is 0 Å². The molecule has 0 aliphatic rings. The van der Waals surface area contributed by atoms with Crippen LogP contribution in [0.1, 0.15) is 25.5 Å². The molecular weight excluding hydrogens is 164 g/mol. The van der Waals surface area contributed by atoms with Crippen LogP contribution < -0.4 is 5.73 Å². The van der Waals surface area contributed by atoms with E-state index in [4.69, 9.17) is 5.73 Å². The van der Waals surface area contributed by atoms with E-state index in [1.807, 2.05) is 18.5 Å². The van der Waals surface area contributed by atoms with Gasteiger partial charge in [0, 0.05) is 31.0 Å². The van der Waals surface area contributed by atoms with Gasteiger partial charge in [0.2, 0.25) is 0 Å². The van der Waals surface area contributed by atoms with Gasteiger partial charge in [0.05, 0.1) is 0 Å². The fourth-order valence-corrected chi connectivity index (χ4v) is 1.53. The molecule has 0 fully saturated rings. The lowest BCUT2D eigenvalue weighted by Crippen LogP contribution is -2.28. The van der Waals surface area contributed by atoms with Crippen molar-refractivity contribution in [2.45, 2.75) is 19.9 Å². The van der Waals surface area contributed by atoms with Crippen LogP contribution in [0.2, 0.25) is 0 Å². The zero-order valence-electron chi connectivity index (χ0n) is 8.20. The molecule has 0 saturated heterocycles. The second-order valence-corrected chi connectivity index (χ2v) is 3.76. The smallest absolute Gasteiger partial charge is 0.0479 e. The van der Waals surface area contributed by atoms with E-state index in [2.05, 4.69) is 18.8 Å². The van der Waals surface area contributed by atoms with Gasteiger partial charge in [-0.2, -0.15) is 0 Å². The lowest BCUT2D eigenvalue weighted by molar-refractivity contribution is 0.166. The van der Waals surface area contributed by atoms with Crippen molar-refractivity contribution >= 4 is 0 Å². The standard InChI is InChI=1S/C10H18N2O/c1-7(2)9(6-13)10(11)8-3-4-12-5-8/h3-5,7,9-10,12-13H,6,11H2,1-2H3. The summed E-state index contributed by atoms with van der Waals surface area (Å²) in [4.78, 5) is 2.97. The molecule has 0 radical (unpaired) electrons. The maximum absolute atomic E-state index is 9.18. The van der Waals surface area contributed by atoms with Crippen LogP contribution in [0.25, 0.3) is 0 Å². The predicted octanol–water partition coefficient (Wildman–Crippen LogP) is 1.28. The number of hydrogen-bond donors (Lipinski definition) is 3. The average Bonchev–Trinajstić information content (AvgIpc) is 2.56. The van der Waals surface area contributed by atoms with E-state index >= 15 is 0 Å². The Morgan fingerprint density at radius 1 is 1.54 bits per heavy atom. The molecule has 1 rings (SSSR count). The Morgan fingerprint density at radius 2 is 2.23 bits per heavy atom. The molecule has 0 saturated carbocycles. The number of hydrogen-bond acceptors (Lipinski definition) is 2. The molecule has 13 heavy (non-hydrogen) atoms. The fraction of sp³-hybridized carbons (Fsp3) is 0.600. The first-order valence-electron chi connectivity index (χ1n) is 4.66. The van der Waals surface area contributed by atoms with E-state index in [1.165, 1.54) is 0 Å². The highest BCUT2D eigenvalue weighted by atomic mass is 16.3. The normalized spacial score (nSPS) is 16.1. The summed E-state index contributed by atoms with van der Waals surface area (Å²) in [5, 5.41) is 9.18. The lowest BCUT2D eigenvalue weighted by atomic mass is 9.87. The van der Waals surface area contributed by atoms with E-state index in [1.54, 1.807) is 0 Å². The first-order valence-corrected chi connectivity index (χ1v) is 4.66. The second-order valence-electron chi connectivity index (χ2n) is 3.76. The number of rotatable bonds is 4. The molecule has 2 atom stereocenters. The van der Waals surface area contributed by atoms with Gasteiger partial charge in [0.1, 0.15) is 0 Å². The van der Waals surface area contributed by atoms with Crippen LogP contribution in [-0.4, -0.2) is 16.7 Å². The summed E-state index contributed by atoms with van der Waals surface area (Å²) in [6.07, 6.45) is 3.74. The Morgan fingerprint density at radius 3 is 2.62 bits per heavy atom. The van der Waals surface area contributed by atoms with E-state index in [9.17, 15) is 5.11 Å². The molecule has 1 aromatic rings. The molecule has 2 unspecified atom stereocenters. The Bertz CT molecular complexity index is 231. The quantitative estimate of drug-likeness (QED) is 0.657. The number of aliphatic hydroxyl groups is 1. The summed E-state index contributed by atoms with van der Waals surface area (Å²) in [5.74, 6) is 0.533. The van der Waals surface area contributed by atoms with Gasteiger partial charge < -0.3 is 15.8 Å². The molecule has 3 heteroatoms. The summed E-state index contributed by atoms with van der Waals surface area (Å²) >= 11 is 0. The van der Waals surface area contributed by atoms with Gasteiger partial charge in [-0.15, -0.1) is 0 Å². The highest BCUT2D eigenvalue weighted by Gasteiger charge is 2.21. The number of aromatic nitrogens is 1. The average molecular weight is 182 g/mol. The van der Waals surface area contributed by atoms with Crippen molar-refractivity contribution in [3.8, 4) is 0 Å². The molecule has 74 valence electrons. The van der Waals surface area contributed by atoms with Crippen molar-refractivity contribution in [2.24, 2.45) is 17.6 Å². The third-order valence-corrected chi connectivity index (χ3v) is 2.54. The van der Waals surface area contributed by atoms with E-state index < -0.39 is 0 Å². The summed E-state index contributed by atoms with van der Waals surface area (Å²) in [5.41, 5.74) is 7.08. The van der Waals surface area contributed by atoms with Crippen LogP contribution >= 0.6 is 0 Å². The topological polar surface area (TPSA) is 62.0 Å². The minimum absolute atomic E-state index is 0.0729. The Kier molecular flexibility index (Phi) is 3.51. The number of nitrogens with one attached hydrogen (secondary N) is 1. The van der Waals surface area contributed by atoms with Crippen molar-refractivity contribution in [2.75, 3.05) is 6.61 Å². The molecule has 1 heterocycles. The Balaban J connectivity index is 2.70. The van der Waals surface area contributed by atoms with Crippen LogP contribution in [0, 0.1) is 11.8 Å². The summed E-state index contributed by atoms with van der Waals surface area (Å²) in [6.45, 7) is 4.30. The van der Waals surface area contributed by atoms with Crippen molar-refractivity contribution in [1.82, 2.24) is 4.98 Å². The first-order chi connectivity index (χ1) is 6.16. The monoisotopic (exact) mass is 182 g/mol. The van der Waals surface area contributed by atoms with E-state index in [-0.39, 0.29) is 18.6 Å². The first kappa shape index (κ1) is 10.3. The second kappa shape index (κ2) is 4.44. The summed E-state index contributed by atoms with van der Waals surface area (Å²) in [6, 6.07) is 1.88. The van der Waals surface area contributed by atoms with Crippen LogP contribution in [0.3, 0.4) is 0 Å². The van der Waals surface area contributed by atoms with Crippen molar-refractivity contribution < 1.29 is 5.11 Å². The van der Waals surface area contributed by atoms with Gasteiger partial charge in [-0.25, -0.2) is 0 Å². The summed E-state index contributed by atoms with van der Waals surface area (Å²) in [7, 11) is 0. The predicted molar refractivity (Wildman–Crippen MR) is 53.1 cm³/mol. The molecule has 4 N–H and O–H groups in total. The molecule has 1 aromatic heterocycles. The highest BCUT2D eigenvalue weighted by Crippen LogP contribution is 2.24. The zero-order valence-corrected chi connectivity index (χ0v) is 8.20. The van der Waals surface area contributed by atoms with Gasteiger partial charge in [0.25, 0.3) is 0 Å². The molecule has 0 amide bonds. The molecule has 0 bridgehead atoms. The SMILES string of the molecule is CC(C)C(CO)C(N)c1cc[nH]c1. The van der Waals surface area contributed by atoms with E-state index in [0.717, 1.165) is 5.56 Å². The molecule has 0 aliphatic carbocycles. The number of H-pyrrole nitrogens is 1. The van der Waals surface area contributed by atoms with Gasteiger partial charge >= 0.3 is 0 Å². The lowest BCUT2D eigenvalue weighted by Gasteiger charge is -2.24. The maximum Gasteiger partial charge on any atom is 0.0479 e. The van der Waals surface area contributed by atoms with Crippen molar-refractivity contribution in [3.05, 3.63) is 24.0 Å². The van der Waals surface area contributed by atoms with Crippen molar-refractivity contribution in [1.29, 1.82) is 0 Å². The van der Waals surface area contributed by atoms with Crippen LogP contribution in [0.5, 0.6) is 0 Å². The van der Waals surface area contributed by atoms with Gasteiger partial charge in [-0.1, -0.05) is 13.8 Å². The third kappa shape index (κ3) is 2.32. The molecule has 0 aliphatic heterocycles. The summed E-state index contributed by atoms with van der Waals surface area (Å²) < 4.78 is 0. The molecule has 0 spiro atoms. The number of aromatic amines is 1.